The lowest BCUT2D eigenvalue weighted by Crippen LogP contribution is -2.48. The molecule has 0 spiro atoms. The molecular formula is C15H30N4OS. The van der Waals surface area contributed by atoms with Crippen molar-refractivity contribution < 1.29 is 4.74 Å². The van der Waals surface area contributed by atoms with E-state index < -0.39 is 0 Å². The molecule has 0 amide bonds. The van der Waals surface area contributed by atoms with E-state index in [1.54, 1.807) is 0 Å². The standard InChI is InChI=1S/C15H30N4OS/c1-3-14-13-19(9-12-21-14)15(16-4-2)17-5-6-18-7-10-20-11-8-18/h14H,3-13H2,1-2H3,(H,16,17). The highest BCUT2D eigenvalue weighted by Gasteiger charge is 2.21. The Bertz CT molecular complexity index is 321. The number of morpholine rings is 1. The zero-order chi connectivity index (χ0) is 14.9. The lowest BCUT2D eigenvalue weighted by Gasteiger charge is -2.34. The van der Waals surface area contributed by atoms with Gasteiger partial charge >= 0.3 is 0 Å². The Balaban J connectivity index is 1.82. The molecule has 0 radical (unpaired) electrons. The highest BCUT2D eigenvalue weighted by atomic mass is 32.2. The van der Waals surface area contributed by atoms with Crippen LogP contribution in [0.15, 0.2) is 4.99 Å². The molecule has 0 aromatic rings. The highest BCUT2D eigenvalue weighted by Crippen LogP contribution is 2.20. The van der Waals surface area contributed by atoms with Crippen LogP contribution >= 0.6 is 11.8 Å². The van der Waals surface area contributed by atoms with Crippen molar-refractivity contribution in [3.63, 3.8) is 0 Å². The summed E-state index contributed by atoms with van der Waals surface area (Å²) in [5, 5.41) is 4.21. The van der Waals surface area contributed by atoms with Crippen LogP contribution in [0.1, 0.15) is 20.3 Å². The van der Waals surface area contributed by atoms with Crippen molar-refractivity contribution in [1.82, 2.24) is 15.1 Å². The number of hydrogen-bond donors (Lipinski definition) is 1. The summed E-state index contributed by atoms with van der Waals surface area (Å²) in [5.41, 5.74) is 0. The highest BCUT2D eigenvalue weighted by molar-refractivity contribution is 8.00. The summed E-state index contributed by atoms with van der Waals surface area (Å²) in [6.45, 7) is 13.4. The van der Waals surface area contributed by atoms with Gasteiger partial charge in [-0.3, -0.25) is 9.89 Å². The zero-order valence-corrected chi connectivity index (χ0v) is 14.3. The molecule has 0 aromatic carbocycles. The monoisotopic (exact) mass is 314 g/mol. The van der Waals surface area contributed by atoms with E-state index in [1.807, 2.05) is 0 Å². The summed E-state index contributed by atoms with van der Waals surface area (Å²) < 4.78 is 5.38. The first-order chi connectivity index (χ1) is 10.3. The maximum absolute atomic E-state index is 5.38. The van der Waals surface area contributed by atoms with E-state index in [9.17, 15) is 0 Å². The fraction of sp³-hybridized carbons (Fsp3) is 0.933. The van der Waals surface area contributed by atoms with Crippen molar-refractivity contribution in [3.05, 3.63) is 0 Å². The molecule has 1 atom stereocenters. The molecule has 1 N–H and O–H groups in total. The van der Waals surface area contributed by atoms with E-state index in [-0.39, 0.29) is 0 Å². The van der Waals surface area contributed by atoms with Crippen LogP contribution in [0.5, 0.6) is 0 Å². The van der Waals surface area contributed by atoms with Gasteiger partial charge in [0.2, 0.25) is 0 Å². The predicted octanol–water partition coefficient (Wildman–Crippen LogP) is 1.11. The Morgan fingerprint density at radius 3 is 2.81 bits per heavy atom. The second-order valence-electron chi connectivity index (χ2n) is 5.54. The number of guanidine groups is 1. The Kier molecular flexibility index (Phi) is 7.68. The SMILES string of the molecule is CCNC(=NCCN1CCOCC1)N1CCSC(CC)C1. The van der Waals surface area contributed by atoms with Crippen LogP contribution in [0.25, 0.3) is 0 Å². The molecule has 2 aliphatic rings. The van der Waals surface area contributed by atoms with Crippen LogP contribution in [0, 0.1) is 0 Å². The van der Waals surface area contributed by atoms with Crippen molar-refractivity contribution in [1.29, 1.82) is 0 Å². The van der Waals surface area contributed by atoms with Crippen LogP contribution < -0.4 is 5.32 Å². The molecule has 0 aliphatic carbocycles. The van der Waals surface area contributed by atoms with Gasteiger partial charge < -0.3 is 15.0 Å². The van der Waals surface area contributed by atoms with Gasteiger partial charge in [0.1, 0.15) is 0 Å². The van der Waals surface area contributed by atoms with E-state index >= 15 is 0 Å². The Hall–Kier alpha value is -0.460. The van der Waals surface area contributed by atoms with E-state index in [2.05, 4.69) is 40.7 Å². The van der Waals surface area contributed by atoms with Gasteiger partial charge in [-0.2, -0.15) is 11.8 Å². The Labute approximate surface area is 133 Å². The van der Waals surface area contributed by atoms with Crippen molar-refractivity contribution in [2.75, 3.05) is 64.8 Å². The van der Waals surface area contributed by atoms with Gasteiger partial charge in [0.05, 0.1) is 19.8 Å². The van der Waals surface area contributed by atoms with Gasteiger partial charge in [-0.05, 0) is 13.3 Å². The van der Waals surface area contributed by atoms with E-state index in [4.69, 9.17) is 9.73 Å². The number of nitrogens with one attached hydrogen (secondary N) is 1. The number of thioether (sulfide) groups is 1. The number of aliphatic imine (C=N–C) groups is 1. The average Bonchev–Trinajstić information content (AvgIpc) is 2.55. The smallest absolute Gasteiger partial charge is 0.194 e. The normalized spacial score (nSPS) is 25.1. The van der Waals surface area contributed by atoms with Crippen molar-refractivity contribution in [2.45, 2.75) is 25.5 Å². The first kappa shape index (κ1) is 16.9. The average molecular weight is 314 g/mol. The van der Waals surface area contributed by atoms with E-state index in [0.29, 0.717) is 0 Å². The van der Waals surface area contributed by atoms with Crippen molar-refractivity contribution >= 4 is 17.7 Å². The maximum Gasteiger partial charge on any atom is 0.194 e. The first-order valence-corrected chi connectivity index (χ1v) is 9.33. The zero-order valence-electron chi connectivity index (χ0n) is 13.5. The van der Waals surface area contributed by atoms with E-state index in [0.717, 1.165) is 70.2 Å². The largest absolute Gasteiger partial charge is 0.379 e. The molecule has 5 nitrogen and oxygen atoms in total. The van der Waals surface area contributed by atoms with Crippen LogP contribution in [0.2, 0.25) is 0 Å². The number of rotatable bonds is 5. The molecule has 21 heavy (non-hydrogen) atoms. The van der Waals surface area contributed by atoms with Gasteiger partial charge in [0.25, 0.3) is 0 Å². The molecule has 1 unspecified atom stereocenters. The summed E-state index contributed by atoms with van der Waals surface area (Å²) >= 11 is 2.10. The quantitative estimate of drug-likeness (QED) is 0.608. The fourth-order valence-electron chi connectivity index (χ4n) is 2.71. The minimum absolute atomic E-state index is 0.752. The molecule has 2 rings (SSSR count). The lowest BCUT2D eigenvalue weighted by molar-refractivity contribution is 0.0394. The minimum Gasteiger partial charge on any atom is -0.379 e. The summed E-state index contributed by atoms with van der Waals surface area (Å²) in [5.74, 6) is 2.32. The molecule has 6 heteroatoms. The molecule has 2 saturated heterocycles. The second-order valence-corrected chi connectivity index (χ2v) is 6.94. The van der Waals surface area contributed by atoms with Crippen LogP contribution in [-0.4, -0.2) is 85.8 Å². The summed E-state index contributed by atoms with van der Waals surface area (Å²) in [6.07, 6.45) is 1.24. The van der Waals surface area contributed by atoms with Crippen molar-refractivity contribution in [3.8, 4) is 0 Å². The Morgan fingerprint density at radius 2 is 2.10 bits per heavy atom. The lowest BCUT2D eigenvalue weighted by atomic mass is 10.3. The minimum atomic E-state index is 0.752. The van der Waals surface area contributed by atoms with Gasteiger partial charge in [0, 0.05) is 50.3 Å². The molecule has 122 valence electrons. The number of hydrogen-bond acceptors (Lipinski definition) is 4. The third-order valence-electron chi connectivity index (χ3n) is 4.01. The molecular weight excluding hydrogens is 284 g/mol. The van der Waals surface area contributed by atoms with Gasteiger partial charge in [-0.25, -0.2) is 0 Å². The number of nitrogens with zero attached hydrogens (tertiary/aromatic N) is 3. The molecule has 2 fully saturated rings. The van der Waals surface area contributed by atoms with Gasteiger partial charge in [0.15, 0.2) is 5.96 Å². The molecule has 0 aromatic heterocycles. The molecule has 0 bridgehead atoms. The molecule has 2 heterocycles. The Morgan fingerprint density at radius 1 is 1.29 bits per heavy atom. The van der Waals surface area contributed by atoms with Gasteiger partial charge in [-0.1, -0.05) is 6.92 Å². The maximum atomic E-state index is 5.38. The number of ether oxygens (including phenoxy) is 1. The molecule has 2 aliphatic heterocycles. The molecule has 0 saturated carbocycles. The summed E-state index contributed by atoms with van der Waals surface area (Å²) in [4.78, 5) is 9.72. The first-order valence-electron chi connectivity index (χ1n) is 8.28. The van der Waals surface area contributed by atoms with Gasteiger partial charge in [-0.15, -0.1) is 0 Å². The third-order valence-corrected chi connectivity index (χ3v) is 5.38. The fourth-order valence-corrected chi connectivity index (χ4v) is 3.89. The van der Waals surface area contributed by atoms with Crippen molar-refractivity contribution in [2.24, 2.45) is 4.99 Å². The van der Waals surface area contributed by atoms with Crippen LogP contribution in [0.3, 0.4) is 0 Å². The van der Waals surface area contributed by atoms with E-state index in [1.165, 1.54) is 12.2 Å². The second kappa shape index (κ2) is 9.54. The van der Waals surface area contributed by atoms with Crippen LogP contribution in [-0.2, 0) is 4.74 Å². The summed E-state index contributed by atoms with van der Waals surface area (Å²) in [7, 11) is 0. The topological polar surface area (TPSA) is 40.1 Å². The predicted molar refractivity (Wildman–Crippen MR) is 91.3 cm³/mol. The summed E-state index contributed by atoms with van der Waals surface area (Å²) in [6, 6.07) is 0. The van der Waals surface area contributed by atoms with Crippen LogP contribution in [0.4, 0.5) is 0 Å². The third kappa shape index (κ3) is 5.68.